The molecular formula is C17H18O4S. The van der Waals surface area contributed by atoms with Crippen molar-refractivity contribution in [3.05, 3.63) is 48.0 Å². The Morgan fingerprint density at radius 1 is 0.909 bits per heavy atom. The van der Waals surface area contributed by atoms with Crippen molar-refractivity contribution in [3.63, 3.8) is 0 Å². The Kier molecular flexibility index (Phi) is 5.61. The zero-order valence-corrected chi connectivity index (χ0v) is 13.6. The lowest BCUT2D eigenvalue weighted by Gasteiger charge is -2.14. The summed E-state index contributed by atoms with van der Waals surface area (Å²) in [4.78, 5) is 0. The molecule has 116 valence electrons. The summed E-state index contributed by atoms with van der Waals surface area (Å²) >= 11 is 5.30. The maximum Gasteiger partial charge on any atom is 0.203 e. The van der Waals surface area contributed by atoms with Crippen molar-refractivity contribution in [2.75, 3.05) is 21.3 Å². The number of methoxy groups -OCH3 is 3. The lowest BCUT2D eigenvalue weighted by Crippen LogP contribution is -2.09. The molecule has 0 saturated carbocycles. The highest BCUT2D eigenvalue weighted by molar-refractivity contribution is 7.80. The molecule has 0 aliphatic heterocycles. The van der Waals surface area contributed by atoms with Gasteiger partial charge in [-0.15, -0.1) is 0 Å². The molecule has 0 aromatic heterocycles. The highest BCUT2D eigenvalue weighted by Gasteiger charge is 2.14. The molecule has 2 rings (SSSR count). The van der Waals surface area contributed by atoms with Crippen molar-refractivity contribution in [2.45, 2.75) is 6.42 Å². The first-order chi connectivity index (χ1) is 10.7. The van der Waals surface area contributed by atoms with E-state index in [1.807, 2.05) is 42.5 Å². The van der Waals surface area contributed by atoms with Gasteiger partial charge in [0.2, 0.25) is 5.75 Å². The third-order valence-electron chi connectivity index (χ3n) is 3.05. The fourth-order valence-corrected chi connectivity index (χ4v) is 2.32. The number of hydrogen-bond acceptors (Lipinski definition) is 5. The summed E-state index contributed by atoms with van der Waals surface area (Å²) in [6, 6.07) is 13.2. The first-order valence-electron chi connectivity index (χ1n) is 6.72. The van der Waals surface area contributed by atoms with Crippen LogP contribution in [0.3, 0.4) is 0 Å². The quantitative estimate of drug-likeness (QED) is 0.760. The van der Waals surface area contributed by atoms with Crippen molar-refractivity contribution >= 4 is 17.3 Å². The van der Waals surface area contributed by atoms with Crippen LogP contribution in [-0.2, 0) is 6.42 Å². The Hall–Kier alpha value is -2.27. The van der Waals surface area contributed by atoms with Crippen molar-refractivity contribution in [3.8, 4) is 23.0 Å². The molecule has 2 aromatic carbocycles. The summed E-state index contributed by atoms with van der Waals surface area (Å²) in [7, 11) is 4.74. The molecule has 0 heterocycles. The summed E-state index contributed by atoms with van der Waals surface area (Å²) < 4.78 is 21.6. The predicted octanol–water partition coefficient (Wildman–Crippen LogP) is 3.66. The normalized spacial score (nSPS) is 9.95. The van der Waals surface area contributed by atoms with Gasteiger partial charge in [0.15, 0.2) is 16.5 Å². The lowest BCUT2D eigenvalue weighted by atomic mass is 10.1. The second-order valence-corrected chi connectivity index (χ2v) is 4.95. The van der Waals surface area contributed by atoms with Gasteiger partial charge in [0, 0.05) is 6.42 Å². The van der Waals surface area contributed by atoms with Gasteiger partial charge in [0.25, 0.3) is 0 Å². The summed E-state index contributed by atoms with van der Waals surface area (Å²) in [5, 5.41) is 0.473. The van der Waals surface area contributed by atoms with Gasteiger partial charge >= 0.3 is 0 Å². The van der Waals surface area contributed by atoms with Gasteiger partial charge in [0.05, 0.1) is 21.3 Å². The molecule has 0 N–H and O–H groups in total. The molecule has 0 amide bonds. The molecule has 0 unspecified atom stereocenters. The molecular weight excluding hydrogens is 300 g/mol. The molecule has 0 spiro atoms. The number of thiocarbonyl (C=S) groups is 1. The van der Waals surface area contributed by atoms with Gasteiger partial charge in [-0.3, -0.25) is 0 Å². The minimum absolute atomic E-state index is 0.473. The second-order valence-electron chi connectivity index (χ2n) is 4.50. The van der Waals surface area contributed by atoms with Crippen LogP contribution >= 0.6 is 12.2 Å². The van der Waals surface area contributed by atoms with Crippen molar-refractivity contribution in [2.24, 2.45) is 0 Å². The van der Waals surface area contributed by atoms with E-state index in [2.05, 4.69) is 0 Å². The van der Waals surface area contributed by atoms with E-state index in [9.17, 15) is 0 Å². The molecule has 5 heteroatoms. The summed E-state index contributed by atoms with van der Waals surface area (Å²) in [5.41, 5.74) is 0.926. The summed E-state index contributed by atoms with van der Waals surface area (Å²) in [5.74, 6) is 2.47. The average molecular weight is 318 g/mol. The van der Waals surface area contributed by atoms with Crippen LogP contribution < -0.4 is 18.9 Å². The first-order valence-corrected chi connectivity index (χ1v) is 7.13. The van der Waals surface area contributed by atoms with E-state index in [-0.39, 0.29) is 0 Å². The monoisotopic (exact) mass is 318 g/mol. The summed E-state index contributed by atoms with van der Waals surface area (Å²) in [6.45, 7) is 0. The van der Waals surface area contributed by atoms with Gasteiger partial charge in [-0.05, 0) is 42.0 Å². The largest absolute Gasteiger partial charge is 0.493 e. The van der Waals surface area contributed by atoms with Crippen LogP contribution in [0.25, 0.3) is 0 Å². The van der Waals surface area contributed by atoms with E-state index >= 15 is 0 Å². The molecule has 4 nitrogen and oxygen atoms in total. The molecule has 0 atom stereocenters. The fraction of sp³-hybridized carbons (Fsp3) is 0.235. The van der Waals surface area contributed by atoms with Crippen LogP contribution in [0, 0.1) is 0 Å². The highest BCUT2D eigenvalue weighted by Crippen LogP contribution is 2.38. The SMILES string of the molecule is COc1cc(CC(=S)Oc2ccccc2)cc(OC)c1OC. The van der Waals surface area contributed by atoms with Gasteiger partial charge in [-0.2, -0.15) is 0 Å². The van der Waals surface area contributed by atoms with E-state index < -0.39 is 0 Å². The van der Waals surface area contributed by atoms with Crippen LogP contribution in [-0.4, -0.2) is 26.4 Å². The van der Waals surface area contributed by atoms with Gasteiger partial charge in [-0.25, -0.2) is 0 Å². The number of benzene rings is 2. The van der Waals surface area contributed by atoms with E-state index in [0.717, 1.165) is 11.3 Å². The Morgan fingerprint density at radius 2 is 1.50 bits per heavy atom. The number of ether oxygens (including phenoxy) is 4. The van der Waals surface area contributed by atoms with Crippen LogP contribution in [0.5, 0.6) is 23.0 Å². The summed E-state index contributed by atoms with van der Waals surface area (Å²) in [6.07, 6.45) is 0.473. The molecule has 22 heavy (non-hydrogen) atoms. The first kappa shape index (κ1) is 16.1. The van der Waals surface area contributed by atoms with Crippen molar-refractivity contribution < 1.29 is 18.9 Å². The zero-order chi connectivity index (χ0) is 15.9. The maximum atomic E-state index is 5.64. The fourth-order valence-electron chi connectivity index (χ4n) is 2.06. The van der Waals surface area contributed by atoms with E-state index in [1.165, 1.54) is 0 Å². The van der Waals surface area contributed by atoms with E-state index in [4.69, 9.17) is 31.2 Å². The minimum atomic E-state index is 0.473. The Morgan fingerprint density at radius 3 is 2.00 bits per heavy atom. The Labute approximate surface area is 135 Å². The molecule has 2 aromatic rings. The third kappa shape index (κ3) is 3.89. The number of para-hydroxylation sites is 1. The van der Waals surface area contributed by atoms with Gasteiger partial charge in [0.1, 0.15) is 5.75 Å². The molecule has 0 bridgehead atoms. The van der Waals surface area contributed by atoms with Gasteiger partial charge < -0.3 is 18.9 Å². The number of rotatable bonds is 6. The van der Waals surface area contributed by atoms with E-state index in [0.29, 0.717) is 28.7 Å². The molecule has 0 saturated heterocycles. The third-order valence-corrected chi connectivity index (χ3v) is 3.28. The van der Waals surface area contributed by atoms with E-state index in [1.54, 1.807) is 21.3 Å². The van der Waals surface area contributed by atoms with Crippen molar-refractivity contribution in [1.82, 2.24) is 0 Å². The zero-order valence-electron chi connectivity index (χ0n) is 12.8. The Balaban J connectivity index is 2.17. The highest BCUT2D eigenvalue weighted by atomic mass is 32.1. The molecule has 0 fully saturated rings. The van der Waals surface area contributed by atoms with Crippen LogP contribution in [0.1, 0.15) is 5.56 Å². The second kappa shape index (κ2) is 7.66. The Bertz CT molecular complexity index is 615. The average Bonchev–Trinajstić information content (AvgIpc) is 2.54. The van der Waals surface area contributed by atoms with Crippen LogP contribution in [0.2, 0.25) is 0 Å². The topological polar surface area (TPSA) is 36.9 Å². The molecule has 0 aliphatic rings. The predicted molar refractivity (Wildman–Crippen MR) is 89.5 cm³/mol. The number of hydrogen-bond donors (Lipinski definition) is 0. The van der Waals surface area contributed by atoms with Crippen LogP contribution in [0.15, 0.2) is 42.5 Å². The van der Waals surface area contributed by atoms with Crippen molar-refractivity contribution in [1.29, 1.82) is 0 Å². The smallest absolute Gasteiger partial charge is 0.203 e. The molecule has 0 radical (unpaired) electrons. The molecule has 0 aliphatic carbocycles. The van der Waals surface area contributed by atoms with Crippen LogP contribution in [0.4, 0.5) is 0 Å². The van der Waals surface area contributed by atoms with Gasteiger partial charge in [-0.1, -0.05) is 18.2 Å². The minimum Gasteiger partial charge on any atom is -0.493 e. The maximum absolute atomic E-state index is 5.64. The lowest BCUT2D eigenvalue weighted by molar-refractivity contribution is 0.324. The standard InChI is InChI=1S/C17H18O4S/c1-18-14-9-12(10-15(19-2)17(14)20-3)11-16(22)21-13-7-5-4-6-8-13/h4-10H,11H2,1-3H3.